The summed E-state index contributed by atoms with van der Waals surface area (Å²) in [6, 6.07) is 10.4. The van der Waals surface area contributed by atoms with E-state index in [0.29, 0.717) is 0 Å². The molecule has 0 saturated carbocycles. The molecule has 0 aliphatic heterocycles. The molecule has 7 heteroatoms. The first-order chi connectivity index (χ1) is 10.9. The van der Waals surface area contributed by atoms with Gasteiger partial charge >= 0.3 is 16.1 Å². The van der Waals surface area contributed by atoms with Crippen LogP contribution in [0.15, 0.2) is 47.4 Å². The number of carbonyl (C=O) groups is 1. The highest BCUT2D eigenvalue weighted by atomic mass is 32.2. The summed E-state index contributed by atoms with van der Waals surface area (Å²) in [5, 5.41) is 0. The van der Waals surface area contributed by atoms with Gasteiger partial charge in [-0.15, -0.1) is 0 Å². The Labute approximate surface area is 134 Å². The van der Waals surface area contributed by atoms with Crippen LogP contribution in [0.5, 0.6) is 11.5 Å². The molecule has 0 atom stereocenters. The average molecular weight is 336 g/mol. The molecule has 0 saturated heterocycles. The van der Waals surface area contributed by atoms with Gasteiger partial charge in [0.05, 0.1) is 19.8 Å². The summed E-state index contributed by atoms with van der Waals surface area (Å²) >= 11 is 0. The Hall–Kier alpha value is -2.54. The van der Waals surface area contributed by atoms with E-state index in [1.165, 1.54) is 44.6 Å². The lowest BCUT2D eigenvalue weighted by atomic mass is 10.2. The van der Waals surface area contributed by atoms with Crippen molar-refractivity contribution >= 4 is 16.1 Å². The molecular formula is C16H16O6S. The van der Waals surface area contributed by atoms with Crippen LogP contribution in [0, 0.1) is 6.92 Å². The van der Waals surface area contributed by atoms with Gasteiger partial charge in [0.2, 0.25) is 0 Å². The normalized spacial score (nSPS) is 10.9. The number of hydrogen-bond donors (Lipinski definition) is 0. The van der Waals surface area contributed by atoms with E-state index in [0.717, 1.165) is 5.56 Å². The van der Waals surface area contributed by atoms with Crippen molar-refractivity contribution in [3.05, 3.63) is 53.6 Å². The number of hydrogen-bond acceptors (Lipinski definition) is 6. The highest BCUT2D eigenvalue weighted by molar-refractivity contribution is 7.87. The molecule has 2 aromatic carbocycles. The van der Waals surface area contributed by atoms with Crippen LogP contribution in [0.3, 0.4) is 0 Å². The summed E-state index contributed by atoms with van der Waals surface area (Å²) in [7, 11) is -1.40. The van der Waals surface area contributed by atoms with Gasteiger partial charge in [-0.1, -0.05) is 17.7 Å². The minimum atomic E-state index is -4.00. The molecule has 2 rings (SSSR count). The second kappa shape index (κ2) is 6.70. The third-order valence-corrected chi connectivity index (χ3v) is 4.34. The lowest BCUT2D eigenvalue weighted by molar-refractivity contribution is 0.0600. The van der Waals surface area contributed by atoms with Crippen molar-refractivity contribution in [3.63, 3.8) is 0 Å². The number of esters is 1. The maximum absolute atomic E-state index is 12.3. The lowest BCUT2D eigenvalue weighted by Crippen LogP contribution is -2.11. The van der Waals surface area contributed by atoms with Gasteiger partial charge in [-0.25, -0.2) is 4.79 Å². The monoisotopic (exact) mass is 336 g/mol. The first kappa shape index (κ1) is 16.8. The molecule has 0 amide bonds. The van der Waals surface area contributed by atoms with E-state index < -0.39 is 16.1 Å². The Balaban J connectivity index is 2.35. The molecular weight excluding hydrogens is 320 g/mol. The molecule has 0 heterocycles. The maximum Gasteiger partial charge on any atom is 0.339 e. The number of methoxy groups -OCH3 is 2. The molecule has 0 radical (unpaired) electrons. The van der Waals surface area contributed by atoms with Gasteiger partial charge < -0.3 is 13.7 Å². The molecule has 0 aromatic heterocycles. The quantitative estimate of drug-likeness (QED) is 0.617. The Morgan fingerprint density at radius 2 is 1.61 bits per heavy atom. The number of carbonyl (C=O) groups excluding carboxylic acids is 1. The predicted octanol–water partition coefficient (Wildman–Crippen LogP) is 2.56. The highest BCUT2D eigenvalue weighted by Gasteiger charge is 2.20. The molecule has 122 valence electrons. The molecule has 2 aromatic rings. The molecule has 0 unspecified atom stereocenters. The van der Waals surface area contributed by atoms with E-state index in [2.05, 4.69) is 4.74 Å². The van der Waals surface area contributed by atoms with Crippen LogP contribution in [0.2, 0.25) is 0 Å². The van der Waals surface area contributed by atoms with Crippen LogP contribution in [0.4, 0.5) is 0 Å². The van der Waals surface area contributed by atoms with Crippen molar-refractivity contribution in [2.75, 3.05) is 14.2 Å². The fraction of sp³-hybridized carbons (Fsp3) is 0.188. The number of aryl methyl sites for hydroxylation is 1. The zero-order chi connectivity index (χ0) is 17.0. The molecule has 6 nitrogen and oxygen atoms in total. The Kier molecular flexibility index (Phi) is 4.90. The van der Waals surface area contributed by atoms with Crippen molar-refractivity contribution in [1.82, 2.24) is 0 Å². The predicted molar refractivity (Wildman–Crippen MR) is 83.3 cm³/mol. The zero-order valence-electron chi connectivity index (χ0n) is 12.9. The summed E-state index contributed by atoms with van der Waals surface area (Å²) in [6.07, 6.45) is 0. The highest BCUT2D eigenvalue weighted by Crippen LogP contribution is 2.31. The third kappa shape index (κ3) is 3.81. The molecule has 0 fully saturated rings. The molecule has 0 bridgehead atoms. The molecule has 23 heavy (non-hydrogen) atoms. The van der Waals surface area contributed by atoms with Crippen molar-refractivity contribution in [1.29, 1.82) is 0 Å². The van der Waals surface area contributed by atoms with Gasteiger partial charge in [-0.05, 0) is 37.3 Å². The van der Waals surface area contributed by atoms with Crippen molar-refractivity contribution in [2.45, 2.75) is 11.8 Å². The number of rotatable bonds is 5. The molecule has 0 aliphatic rings. The van der Waals surface area contributed by atoms with Crippen LogP contribution >= 0.6 is 0 Å². The van der Waals surface area contributed by atoms with Crippen LogP contribution in [0.1, 0.15) is 15.9 Å². The van der Waals surface area contributed by atoms with E-state index in [1.807, 2.05) is 6.92 Å². The van der Waals surface area contributed by atoms with E-state index in [1.54, 1.807) is 12.1 Å². The largest absolute Gasteiger partial charge is 0.493 e. The van der Waals surface area contributed by atoms with Gasteiger partial charge in [-0.2, -0.15) is 8.42 Å². The standard InChI is InChI=1S/C16H16O6S/c1-11-4-7-13(8-5-11)23(18,19)22-14-9-6-12(16(17)21-3)10-15(14)20-2/h4-10H,1-3H3. The molecule has 0 spiro atoms. The first-order valence-corrected chi connectivity index (χ1v) is 8.05. The second-order valence-corrected chi connectivity index (χ2v) is 6.25. The Bertz CT molecular complexity index is 809. The first-order valence-electron chi connectivity index (χ1n) is 6.65. The molecule has 0 N–H and O–H groups in total. The third-order valence-electron chi connectivity index (χ3n) is 3.09. The topological polar surface area (TPSA) is 78.9 Å². The zero-order valence-corrected chi connectivity index (χ0v) is 13.7. The van der Waals surface area contributed by atoms with Crippen LogP contribution in [-0.4, -0.2) is 28.6 Å². The van der Waals surface area contributed by atoms with Gasteiger partial charge in [0.15, 0.2) is 11.5 Å². The van der Waals surface area contributed by atoms with Crippen molar-refractivity contribution < 1.29 is 26.9 Å². The van der Waals surface area contributed by atoms with Crippen molar-refractivity contribution in [2.24, 2.45) is 0 Å². The van der Waals surface area contributed by atoms with Crippen LogP contribution in [0.25, 0.3) is 0 Å². The Morgan fingerprint density at radius 3 is 2.17 bits per heavy atom. The number of benzene rings is 2. The SMILES string of the molecule is COC(=O)c1ccc(OS(=O)(=O)c2ccc(C)cc2)c(OC)c1. The minimum Gasteiger partial charge on any atom is -0.493 e. The van der Waals surface area contributed by atoms with E-state index in [9.17, 15) is 13.2 Å². The van der Waals surface area contributed by atoms with Crippen molar-refractivity contribution in [3.8, 4) is 11.5 Å². The fourth-order valence-electron chi connectivity index (χ4n) is 1.85. The van der Waals surface area contributed by atoms with Gasteiger partial charge in [0, 0.05) is 0 Å². The minimum absolute atomic E-state index is 0.0132. The smallest absolute Gasteiger partial charge is 0.339 e. The lowest BCUT2D eigenvalue weighted by Gasteiger charge is -2.11. The summed E-state index contributed by atoms with van der Waals surface area (Å²) < 4.78 is 39.4. The molecule has 0 aliphatic carbocycles. The van der Waals surface area contributed by atoms with Gasteiger partial charge in [0.1, 0.15) is 4.90 Å². The summed E-state index contributed by atoms with van der Waals surface area (Å²) in [5.41, 5.74) is 1.16. The van der Waals surface area contributed by atoms with Gasteiger partial charge in [-0.3, -0.25) is 0 Å². The Morgan fingerprint density at radius 1 is 0.957 bits per heavy atom. The van der Waals surface area contributed by atoms with E-state index in [-0.39, 0.29) is 22.0 Å². The van der Waals surface area contributed by atoms with Gasteiger partial charge in [0.25, 0.3) is 0 Å². The summed E-state index contributed by atoms with van der Waals surface area (Å²) in [4.78, 5) is 11.5. The summed E-state index contributed by atoms with van der Waals surface area (Å²) in [5.74, 6) is -0.458. The number of ether oxygens (including phenoxy) is 2. The summed E-state index contributed by atoms with van der Waals surface area (Å²) in [6.45, 7) is 1.85. The second-order valence-electron chi connectivity index (χ2n) is 4.71. The van der Waals surface area contributed by atoms with Crippen LogP contribution < -0.4 is 8.92 Å². The maximum atomic E-state index is 12.3. The van der Waals surface area contributed by atoms with Crippen LogP contribution in [-0.2, 0) is 14.9 Å². The van der Waals surface area contributed by atoms with E-state index >= 15 is 0 Å². The van der Waals surface area contributed by atoms with E-state index in [4.69, 9.17) is 8.92 Å². The average Bonchev–Trinajstić information content (AvgIpc) is 2.54. The fourth-order valence-corrected chi connectivity index (χ4v) is 2.79.